The summed E-state index contributed by atoms with van der Waals surface area (Å²) in [4.78, 5) is 12.6. The predicted octanol–water partition coefficient (Wildman–Crippen LogP) is 4.50. The van der Waals surface area contributed by atoms with Gasteiger partial charge >= 0.3 is 0 Å². The molecule has 3 nitrogen and oxygen atoms in total. The van der Waals surface area contributed by atoms with Crippen LogP contribution in [-0.4, -0.2) is 16.8 Å². The highest BCUT2D eigenvalue weighted by Crippen LogP contribution is 2.28. The number of amides is 1. The number of thioether (sulfide) groups is 1. The normalized spacial score (nSPS) is 10.5. The SMILES string of the molecule is O=C(CCSc1ccccc1O)NCc1ccc(Cl)c(Cl)c1. The number of phenolic OH excluding ortho intramolecular Hbond substituents is 1. The van der Waals surface area contributed by atoms with E-state index in [2.05, 4.69) is 5.32 Å². The molecule has 0 bridgehead atoms. The van der Waals surface area contributed by atoms with Crippen molar-refractivity contribution in [2.45, 2.75) is 17.9 Å². The summed E-state index contributed by atoms with van der Waals surface area (Å²) in [5.74, 6) is 0.794. The quantitative estimate of drug-likeness (QED) is 0.750. The second kappa shape index (κ2) is 8.32. The molecule has 22 heavy (non-hydrogen) atoms. The second-order valence-corrected chi connectivity index (χ2v) is 6.54. The zero-order chi connectivity index (χ0) is 15.9. The van der Waals surface area contributed by atoms with E-state index >= 15 is 0 Å². The zero-order valence-electron chi connectivity index (χ0n) is 11.7. The Bertz CT molecular complexity index is 664. The second-order valence-electron chi connectivity index (χ2n) is 4.59. The van der Waals surface area contributed by atoms with Crippen LogP contribution in [0.1, 0.15) is 12.0 Å². The van der Waals surface area contributed by atoms with E-state index in [0.29, 0.717) is 28.8 Å². The number of phenols is 1. The van der Waals surface area contributed by atoms with Gasteiger partial charge in [-0.05, 0) is 29.8 Å². The molecule has 2 N–H and O–H groups in total. The first-order valence-electron chi connectivity index (χ1n) is 6.67. The Morgan fingerprint density at radius 2 is 1.91 bits per heavy atom. The number of rotatable bonds is 6. The standard InChI is InChI=1S/C16H15Cl2NO2S/c17-12-6-5-11(9-13(12)18)10-19-16(21)7-8-22-15-4-2-1-3-14(15)20/h1-6,9,20H,7-8,10H2,(H,19,21). The Hall–Kier alpha value is -1.36. The lowest BCUT2D eigenvalue weighted by Gasteiger charge is -2.07. The van der Waals surface area contributed by atoms with Gasteiger partial charge in [-0.2, -0.15) is 0 Å². The smallest absolute Gasteiger partial charge is 0.221 e. The van der Waals surface area contributed by atoms with Gasteiger partial charge in [-0.15, -0.1) is 11.8 Å². The number of carbonyl (C=O) groups excluding carboxylic acids is 1. The van der Waals surface area contributed by atoms with E-state index in [4.69, 9.17) is 23.2 Å². The van der Waals surface area contributed by atoms with Gasteiger partial charge in [-0.3, -0.25) is 4.79 Å². The van der Waals surface area contributed by atoms with Crippen molar-refractivity contribution in [2.24, 2.45) is 0 Å². The molecule has 116 valence electrons. The highest BCUT2D eigenvalue weighted by Gasteiger charge is 2.05. The molecule has 0 aliphatic rings. The molecule has 0 heterocycles. The molecule has 0 saturated heterocycles. The fourth-order valence-corrected chi connectivity index (χ4v) is 2.99. The molecule has 0 radical (unpaired) electrons. The molecule has 2 aromatic carbocycles. The Kier molecular flexibility index (Phi) is 6.43. The molecular weight excluding hydrogens is 341 g/mol. The first-order valence-corrected chi connectivity index (χ1v) is 8.42. The van der Waals surface area contributed by atoms with Gasteiger partial charge in [0, 0.05) is 23.6 Å². The summed E-state index contributed by atoms with van der Waals surface area (Å²) in [6.45, 7) is 0.414. The number of aromatic hydroxyl groups is 1. The fraction of sp³-hybridized carbons (Fsp3) is 0.188. The maximum Gasteiger partial charge on any atom is 0.221 e. The Morgan fingerprint density at radius 1 is 1.14 bits per heavy atom. The number of para-hydroxylation sites is 1. The minimum absolute atomic E-state index is 0.0472. The van der Waals surface area contributed by atoms with Gasteiger partial charge < -0.3 is 10.4 Å². The van der Waals surface area contributed by atoms with E-state index in [1.54, 1.807) is 24.3 Å². The summed E-state index contributed by atoms with van der Waals surface area (Å²) >= 11 is 13.2. The van der Waals surface area contributed by atoms with Crippen LogP contribution in [0.25, 0.3) is 0 Å². The molecule has 2 aromatic rings. The third-order valence-electron chi connectivity index (χ3n) is 2.93. The lowest BCUT2D eigenvalue weighted by Crippen LogP contribution is -2.22. The largest absolute Gasteiger partial charge is 0.507 e. The van der Waals surface area contributed by atoms with Gasteiger partial charge in [0.2, 0.25) is 5.91 Å². The highest BCUT2D eigenvalue weighted by atomic mass is 35.5. The van der Waals surface area contributed by atoms with Crippen LogP contribution >= 0.6 is 35.0 Å². The van der Waals surface area contributed by atoms with Crippen LogP contribution in [-0.2, 0) is 11.3 Å². The van der Waals surface area contributed by atoms with Crippen molar-refractivity contribution >= 4 is 40.9 Å². The van der Waals surface area contributed by atoms with Crippen LogP contribution in [0.5, 0.6) is 5.75 Å². The molecule has 0 spiro atoms. The van der Waals surface area contributed by atoms with Gasteiger partial charge in [0.15, 0.2) is 0 Å². The summed E-state index contributed by atoms with van der Waals surface area (Å²) < 4.78 is 0. The van der Waals surface area contributed by atoms with Crippen molar-refractivity contribution in [3.63, 3.8) is 0 Å². The highest BCUT2D eigenvalue weighted by molar-refractivity contribution is 7.99. The molecule has 0 aromatic heterocycles. The van der Waals surface area contributed by atoms with Crippen LogP contribution in [0.2, 0.25) is 10.0 Å². The van der Waals surface area contributed by atoms with E-state index < -0.39 is 0 Å². The lowest BCUT2D eigenvalue weighted by molar-refractivity contribution is -0.120. The summed E-state index contributed by atoms with van der Waals surface area (Å²) in [7, 11) is 0. The van der Waals surface area contributed by atoms with E-state index in [1.807, 2.05) is 18.2 Å². The number of halogens is 2. The van der Waals surface area contributed by atoms with Crippen molar-refractivity contribution < 1.29 is 9.90 Å². The third-order valence-corrected chi connectivity index (χ3v) is 4.73. The summed E-state index contributed by atoms with van der Waals surface area (Å²) in [6, 6.07) is 12.3. The zero-order valence-corrected chi connectivity index (χ0v) is 14.0. The van der Waals surface area contributed by atoms with Crippen molar-refractivity contribution in [3.8, 4) is 5.75 Å². The number of benzene rings is 2. The first kappa shape index (κ1) is 17.0. The van der Waals surface area contributed by atoms with Crippen molar-refractivity contribution in [1.29, 1.82) is 0 Å². The lowest BCUT2D eigenvalue weighted by atomic mass is 10.2. The van der Waals surface area contributed by atoms with Gasteiger partial charge in [0.05, 0.1) is 10.0 Å². The van der Waals surface area contributed by atoms with E-state index in [0.717, 1.165) is 10.5 Å². The average molecular weight is 356 g/mol. The van der Waals surface area contributed by atoms with Crippen molar-refractivity contribution in [3.05, 3.63) is 58.1 Å². The van der Waals surface area contributed by atoms with Crippen LogP contribution in [0.4, 0.5) is 0 Å². The Morgan fingerprint density at radius 3 is 2.64 bits per heavy atom. The van der Waals surface area contributed by atoms with Gasteiger partial charge in [0.1, 0.15) is 5.75 Å². The summed E-state index contributed by atoms with van der Waals surface area (Å²) in [6.07, 6.45) is 0.375. The van der Waals surface area contributed by atoms with E-state index in [1.165, 1.54) is 11.8 Å². The first-order chi connectivity index (χ1) is 10.6. The van der Waals surface area contributed by atoms with Crippen LogP contribution in [0, 0.1) is 0 Å². The Labute approximate surface area is 143 Å². The molecule has 2 rings (SSSR count). The molecule has 6 heteroatoms. The van der Waals surface area contributed by atoms with Gasteiger partial charge in [-0.1, -0.05) is 41.4 Å². The molecule has 1 amide bonds. The minimum atomic E-state index is -0.0472. The maximum absolute atomic E-state index is 11.8. The third kappa shape index (κ3) is 5.13. The molecular formula is C16H15Cl2NO2S. The summed E-state index contributed by atoms with van der Waals surface area (Å²) in [5.41, 5.74) is 0.899. The van der Waals surface area contributed by atoms with Crippen molar-refractivity contribution in [1.82, 2.24) is 5.32 Å². The molecule has 0 fully saturated rings. The maximum atomic E-state index is 11.8. The van der Waals surface area contributed by atoms with Gasteiger partial charge in [0.25, 0.3) is 0 Å². The monoisotopic (exact) mass is 355 g/mol. The number of hydrogen-bond donors (Lipinski definition) is 2. The fourth-order valence-electron chi connectivity index (χ4n) is 1.77. The van der Waals surface area contributed by atoms with Crippen molar-refractivity contribution in [2.75, 3.05) is 5.75 Å². The topological polar surface area (TPSA) is 49.3 Å². The van der Waals surface area contributed by atoms with E-state index in [-0.39, 0.29) is 11.7 Å². The molecule has 0 saturated carbocycles. The number of hydrogen-bond acceptors (Lipinski definition) is 3. The van der Waals surface area contributed by atoms with Crippen LogP contribution < -0.4 is 5.32 Å². The van der Waals surface area contributed by atoms with Crippen LogP contribution in [0.3, 0.4) is 0 Å². The number of carbonyl (C=O) groups is 1. The number of nitrogens with one attached hydrogen (secondary N) is 1. The van der Waals surface area contributed by atoms with Gasteiger partial charge in [-0.25, -0.2) is 0 Å². The average Bonchev–Trinajstić information content (AvgIpc) is 2.50. The molecule has 0 atom stereocenters. The molecule has 0 aliphatic carbocycles. The van der Waals surface area contributed by atoms with Crippen LogP contribution in [0.15, 0.2) is 47.4 Å². The van der Waals surface area contributed by atoms with E-state index in [9.17, 15) is 9.90 Å². The molecule has 0 aliphatic heterocycles. The predicted molar refractivity (Wildman–Crippen MR) is 91.8 cm³/mol. The minimum Gasteiger partial charge on any atom is -0.507 e. The molecule has 0 unspecified atom stereocenters. The summed E-state index contributed by atoms with van der Waals surface area (Å²) in [5, 5.41) is 13.4. The Balaban J connectivity index is 1.74.